The number of nitrogens with zero attached hydrogens (tertiary/aromatic N) is 3. The monoisotopic (exact) mass is 303 g/mol. The molecule has 3 heterocycles. The van der Waals surface area contributed by atoms with Crippen molar-refractivity contribution in [3.05, 3.63) is 65.7 Å². The molecule has 0 atom stereocenters. The van der Waals surface area contributed by atoms with Crippen LogP contribution in [0.5, 0.6) is 0 Å². The Hall–Kier alpha value is -2.59. The van der Waals surface area contributed by atoms with Gasteiger partial charge in [-0.2, -0.15) is 0 Å². The van der Waals surface area contributed by atoms with Crippen molar-refractivity contribution in [1.82, 2.24) is 15.0 Å². The lowest BCUT2D eigenvalue weighted by molar-refractivity contribution is 1.14. The van der Waals surface area contributed by atoms with Gasteiger partial charge in [0.15, 0.2) is 5.82 Å². The van der Waals surface area contributed by atoms with Crippen LogP contribution in [0, 0.1) is 6.92 Å². The number of fused-ring (bicyclic) bond motifs is 1. The zero-order valence-corrected chi connectivity index (χ0v) is 12.8. The quantitative estimate of drug-likeness (QED) is 0.537. The number of hydrogen-bond acceptors (Lipinski definition) is 4. The first-order valence-electron chi connectivity index (χ1n) is 7.06. The highest BCUT2D eigenvalue weighted by molar-refractivity contribution is 7.13. The lowest BCUT2D eigenvalue weighted by Gasteiger charge is -2.07. The Balaban J connectivity index is 2.01. The van der Waals surface area contributed by atoms with Gasteiger partial charge in [-0.25, -0.2) is 15.0 Å². The van der Waals surface area contributed by atoms with E-state index in [9.17, 15) is 0 Å². The van der Waals surface area contributed by atoms with Gasteiger partial charge in [0.2, 0.25) is 0 Å². The Morgan fingerprint density at radius 3 is 2.55 bits per heavy atom. The van der Waals surface area contributed by atoms with Crippen LogP contribution in [0.15, 0.2) is 60.0 Å². The molecule has 0 saturated carbocycles. The van der Waals surface area contributed by atoms with E-state index in [-0.39, 0.29) is 0 Å². The molecule has 1 aromatic carbocycles. The Morgan fingerprint density at radius 2 is 1.73 bits per heavy atom. The molecule has 0 aliphatic rings. The number of aryl methyl sites for hydroxylation is 1. The van der Waals surface area contributed by atoms with Crippen LogP contribution in [0.1, 0.15) is 5.69 Å². The molecule has 4 heteroatoms. The summed E-state index contributed by atoms with van der Waals surface area (Å²) in [5.41, 5.74) is 3.69. The van der Waals surface area contributed by atoms with Crippen LogP contribution >= 0.6 is 11.3 Å². The average Bonchev–Trinajstić information content (AvgIpc) is 3.08. The molecule has 0 aliphatic carbocycles. The minimum Gasteiger partial charge on any atom is -0.250 e. The Labute approximate surface area is 132 Å². The third-order valence-corrected chi connectivity index (χ3v) is 4.35. The number of hydrogen-bond donors (Lipinski definition) is 0. The summed E-state index contributed by atoms with van der Waals surface area (Å²) in [4.78, 5) is 15.2. The Bertz CT molecular complexity index is 946. The van der Waals surface area contributed by atoms with Gasteiger partial charge in [0.05, 0.1) is 16.1 Å². The normalized spacial score (nSPS) is 11.0. The maximum Gasteiger partial charge on any atom is 0.179 e. The summed E-state index contributed by atoms with van der Waals surface area (Å²) >= 11 is 1.69. The lowest BCUT2D eigenvalue weighted by Crippen LogP contribution is -1.96. The summed E-state index contributed by atoms with van der Waals surface area (Å²) in [5, 5.41) is 3.14. The average molecular weight is 303 g/mol. The van der Waals surface area contributed by atoms with Gasteiger partial charge in [-0.3, -0.25) is 0 Å². The third-order valence-electron chi connectivity index (χ3n) is 3.48. The molecule has 0 bridgehead atoms. The number of pyridine rings is 1. The van der Waals surface area contributed by atoms with Gasteiger partial charge in [0, 0.05) is 11.1 Å². The fourth-order valence-electron chi connectivity index (χ4n) is 2.46. The van der Waals surface area contributed by atoms with E-state index in [2.05, 4.69) is 27.5 Å². The van der Waals surface area contributed by atoms with Crippen molar-refractivity contribution in [3.8, 4) is 22.1 Å². The fraction of sp³-hybridized carbons (Fsp3) is 0.0556. The Kier molecular flexibility index (Phi) is 3.16. The van der Waals surface area contributed by atoms with Crippen molar-refractivity contribution in [2.45, 2.75) is 6.92 Å². The Morgan fingerprint density at radius 1 is 0.818 bits per heavy atom. The van der Waals surface area contributed by atoms with Crippen LogP contribution in [0.25, 0.3) is 33.0 Å². The molecule has 0 N–H and O–H groups in total. The first kappa shape index (κ1) is 13.1. The topological polar surface area (TPSA) is 38.7 Å². The largest absolute Gasteiger partial charge is 0.250 e. The molecule has 4 rings (SSSR count). The summed E-state index contributed by atoms with van der Waals surface area (Å²) in [6.07, 6.45) is 0. The van der Waals surface area contributed by atoms with Crippen molar-refractivity contribution in [1.29, 1.82) is 0 Å². The van der Waals surface area contributed by atoms with Crippen molar-refractivity contribution in [2.75, 3.05) is 0 Å². The van der Waals surface area contributed by atoms with E-state index in [1.807, 2.05) is 49.4 Å². The van der Waals surface area contributed by atoms with Gasteiger partial charge in [-0.05, 0) is 36.6 Å². The predicted molar refractivity (Wildman–Crippen MR) is 90.8 cm³/mol. The standard InChI is InChI=1S/C18H13N3S/c1-12-6-4-9-15(19-12)18-20-14-8-3-2-7-13(14)17(21-18)16-10-5-11-22-16/h2-11H,1H3. The first-order chi connectivity index (χ1) is 10.8. The number of para-hydroxylation sites is 1. The molecule has 0 aliphatic heterocycles. The molecule has 4 aromatic rings. The van der Waals surface area contributed by atoms with Crippen molar-refractivity contribution in [2.24, 2.45) is 0 Å². The van der Waals surface area contributed by atoms with Gasteiger partial charge in [0.1, 0.15) is 5.69 Å². The third kappa shape index (κ3) is 2.27. The molecule has 3 aromatic heterocycles. The molecular weight excluding hydrogens is 290 g/mol. The molecule has 0 unspecified atom stereocenters. The number of thiophene rings is 1. The molecule has 0 fully saturated rings. The van der Waals surface area contributed by atoms with Gasteiger partial charge < -0.3 is 0 Å². The van der Waals surface area contributed by atoms with E-state index in [1.165, 1.54) is 0 Å². The van der Waals surface area contributed by atoms with E-state index in [1.54, 1.807) is 11.3 Å². The summed E-state index contributed by atoms with van der Waals surface area (Å²) < 4.78 is 0. The van der Waals surface area contributed by atoms with Gasteiger partial charge in [-0.15, -0.1) is 11.3 Å². The number of benzene rings is 1. The van der Waals surface area contributed by atoms with Gasteiger partial charge in [0.25, 0.3) is 0 Å². The van der Waals surface area contributed by atoms with Crippen molar-refractivity contribution < 1.29 is 0 Å². The smallest absolute Gasteiger partial charge is 0.179 e. The number of aromatic nitrogens is 3. The maximum atomic E-state index is 4.79. The zero-order chi connectivity index (χ0) is 14.9. The van der Waals surface area contributed by atoms with E-state index in [0.717, 1.165) is 32.9 Å². The van der Waals surface area contributed by atoms with Crippen LogP contribution in [-0.4, -0.2) is 15.0 Å². The number of rotatable bonds is 2. The van der Waals surface area contributed by atoms with Crippen LogP contribution in [-0.2, 0) is 0 Å². The van der Waals surface area contributed by atoms with Gasteiger partial charge >= 0.3 is 0 Å². The second kappa shape index (κ2) is 5.31. The molecule has 0 radical (unpaired) electrons. The maximum absolute atomic E-state index is 4.79. The second-order valence-electron chi connectivity index (χ2n) is 5.05. The lowest BCUT2D eigenvalue weighted by atomic mass is 10.1. The minimum absolute atomic E-state index is 0.672. The molecular formula is C18H13N3S. The fourth-order valence-corrected chi connectivity index (χ4v) is 3.19. The van der Waals surface area contributed by atoms with Crippen LogP contribution in [0.2, 0.25) is 0 Å². The highest BCUT2D eigenvalue weighted by Gasteiger charge is 2.12. The predicted octanol–water partition coefficient (Wildman–Crippen LogP) is 4.73. The SMILES string of the molecule is Cc1cccc(-c2nc(-c3cccs3)c3ccccc3n2)n1. The molecule has 106 valence electrons. The minimum atomic E-state index is 0.672. The summed E-state index contributed by atoms with van der Waals surface area (Å²) in [5.74, 6) is 0.672. The van der Waals surface area contributed by atoms with Crippen molar-refractivity contribution in [3.63, 3.8) is 0 Å². The highest BCUT2D eigenvalue weighted by Crippen LogP contribution is 2.31. The van der Waals surface area contributed by atoms with E-state index >= 15 is 0 Å². The summed E-state index contributed by atoms with van der Waals surface area (Å²) in [6, 6.07) is 18.2. The van der Waals surface area contributed by atoms with Crippen LogP contribution in [0.3, 0.4) is 0 Å². The van der Waals surface area contributed by atoms with Crippen LogP contribution in [0.4, 0.5) is 0 Å². The van der Waals surface area contributed by atoms with Crippen molar-refractivity contribution >= 4 is 22.2 Å². The zero-order valence-electron chi connectivity index (χ0n) is 12.0. The van der Waals surface area contributed by atoms with E-state index in [4.69, 9.17) is 4.98 Å². The highest BCUT2D eigenvalue weighted by atomic mass is 32.1. The van der Waals surface area contributed by atoms with E-state index in [0.29, 0.717) is 5.82 Å². The summed E-state index contributed by atoms with van der Waals surface area (Å²) in [7, 11) is 0. The molecule has 3 nitrogen and oxygen atoms in total. The molecule has 22 heavy (non-hydrogen) atoms. The van der Waals surface area contributed by atoms with E-state index < -0.39 is 0 Å². The summed E-state index contributed by atoms with van der Waals surface area (Å²) in [6.45, 7) is 1.98. The first-order valence-corrected chi connectivity index (χ1v) is 7.94. The molecule has 0 amide bonds. The van der Waals surface area contributed by atoms with Crippen LogP contribution < -0.4 is 0 Å². The van der Waals surface area contributed by atoms with Gasteiger partial charge in [-0.1, -0.05) is 30.3 Å². The second-order valence-corrected chi connectivity index (χ2v) is 6.00. The molecule has 0 spiro atoms. The molecule has 0 saturated heterocycles.